The summed E-state index contributed by atoms with van der Waals surface area (Å²) in [6.07, 6.45) is -3.41. The molecule has 8 heteroatoms. The van der Waals surface area contributed by atoms with Crippen LogP contribution in [0.3, 0.4) is 0 Å². The summed E-state index contributed by atoms with van der Waals surface area (Å²) in [6.45, 7) is -0.116. The zero-order valence-corrected chi connectivity index (χ0v) is 18.6. The van der Waals surface area contributed by atoms with Gasteiger partial charge >= 0.3 is 12.1 Å². The number of fused-ring (bicyclic) bond motifs is 3. The van der Waals surface area contributed by atoms with Gasteiger partial charge in [0.15, 0.2) is 0 Å². The summed E-state index contributed by atoms with van der Waals surface area (Å²) in [5.74, 6) is -0.738. The lowest BCUT2D eigenvalue weighted by Gasteiger charge is -2.20. The van der Waals surface area contributed by atoms with Crippen LogP contribution in [0.2, 0.25) is 0 Å². The molecule has 4 rings (SSSR count). The third kappa shape index (κ3) is 4.59. The first-order valence-corrected chi connectivity index (χ1v) is 10.8. The van der Waals surface area contributed by atoms with Gasteiger partial charge in [0.25, 0.3) is 0 Å². The molecule has 0 bridgehead atoms. The van der Waals surface area contributed by atoms with Gasteiger partial charge in [-0.1, -0.05) is 54.6 Å². The third-order valence-electron chi connectivity index (χ3n) is 5.99. The van der Waals surface area contributed by atoms with Crippen LogP contribution < -0.4 is 11.1 Å². The average Bonchev–Trinajstić information content (AvgIpc) is 3.19. The van der Waals surface area contributed by atoms with Crippen LogP contribution in [0.5, 0.6) is 0 Å². The molecule has 176 valence electrons. The predicted octanol–water partition coefficient (Wildman–Crippen LogP) is 2.99. The minimum Gasteiger partial charge on any atom is -0.465 e. The molecule has 1 aliphatic rings. The molecule has 2 atom stereocenters. The van der Waals surface area contributed by atoms with Gasteiger partial charge < -0.3 is 30.7 Å². The van der Waals surface area contributed by atoms with Gasteiger partial charge in [0, 0.05) is 18.2 Å². The number of anilines is 1. The number of nitrogens with two attached hydrogens (primary N) is 1. The van der Waals surface area contributed by atoms with Crippen molar-refractivity contribution in [3.8, 4) is 11.1 Å². The fourth-order valence-corrected chi connectivity index (χ4v) is 4.22. The molecule has 1 aliphatic carbocycles. The standard InChI is InChI=1S/C26H26N2O6/c1-33-25(31)20-12-15(10-11-22(20)27)24(30)23(29)13-28-26(32)34-14-21-18-8-4-2-6-16(18)17-7-3-5-9-19(17)21/h2-12,21,23-24,29-30H,13-14,27H2,1H3,(H,28,32). The molecule has 0 saturated heterocycles. The van der Waals surface area contributed by atoms with Crippen LogP contribution in [0.1, 0.15) is 39.1 Å². The Morgan fingerprint density at radius 1 is 1.00 bits per heavy atom. The predicted molar refractivity (Wildman–Crippen MR) is 126 cm³/mol. The first-order chi connectivity index (χ1) is 16.4. The third-order valence-corrected chi connectivity index (χ3v) is 5.99. The number of methoxy groups -OCH3 is 1. The summed E-state index contributed by atoms with van der Waals surface area (Å²) in [7, 11) is 1.22. The van der Waals surface area contributed by atoms with E-state index in [1.165, 1.54) is 25.3 Å². The molecule has 1 amide bonds. The number of hydrogen-bond donors (Lipinski definition) is 4. The first kappa shape index (κ1) is 23.3. The lowest BCUT2D eigenvalue weighted by atomic mass is 9.98. The second-order valence-corrected chi connectivity index (χ2v) is 8.06. The Morgan fingerprint density at radius 3 is 2.24 bits per heavy atom. The summed E-state index contributed by atoms with van der Waals surface area (Å²) in [5.41, 5.74) is 10.7. The van der Waals surface area contributed by atoms with Crippen molar-refractivity contribution in [3.63, 3.8) is 0 Å². The minimum absolute atomic E-state index is 0.0794. The van der Waals surface area contributed by atoms with Crippen molar-refractivity contribution in [1.29, 1.82) is 0 Å². The molecule has 8 nitrogen and oxygen atoms in total. The number of carbonyl (C=O) groups excluding carboxylic acids is 2. The lowest BCUT2D eigenvalue weighted by molar-refractivity contribution is 0.0185. The molecule has 0 saturated carbocycles. The normalized spacial score (nSPS) is 14.0. The summed E-state index contributed by atoms with van der Waals surface area (Å²) < 4.78 is 10.1. The maximum atomic E-state index is 12.3. The van der Waals surface area contributed by atoms with Crippen molar-refractivity contribution in [2.75, 3.05) is 26.0 Å². The van der Waals surface area contributed by atoms with Crippen molar-refractivity contribution in [3.05, 3.63) is 89.0 Å². The number of benzene rings is 3. The van der Waals surface area contributed by atoms with Crippen molar-refractivity contribution >= 4 is 17.7 Å². The second-order valence-electron chi connectivity index (χ2n) is 8.06. The number of nitrogen functional groups attached to an aromatic ring is 1. The summed E-state index contributed by atoms with van der Waals surface area (Å²) in [6, 6.07) is 20.3. The Kier molecular flexibility index (Phi) is 6.81. The molecule has 0 radical (unpaired) electrons. The van der Waals surface area contributed by atoms with Crippen molar-refractivity contribution < 1.29 is 29.3 Å². The highest BCUT2D eigenvalue weighted by atomic mass is 16.5. The molecule has 3 aromatic carbocycles. The highest BCUT2D eigenvalue weighted by Gasteiger charge is 2.29. The van der Waals surface area contributed by atoms with Gasteiger partial charge in [0.05, 0.1) is 12.7 Å². The van der Waals surface area contributed by atoms with Gasteiger partial charge in [0.1, 0.15) is 18.8 Å². The highest BCUT2D eigenvalue weighted by Crippen LogP contribution is 2.44. The van der Waals surface area contributed by atoms with E-state index in [1.54, 1.807) is 0 Å². The molecule has 0 spiro atoms. The Labute approximate surface area is 196 Å². The van der Waals surface area contributed by atoms with E-state index in [0.29, 0.717) is 0 Å². The van der Waals surface area contributed by atoms with E-state index in [2.05, 4.69) is 22.2 Å². The van der Waals surface area contributed by atoms with E-state index in [1.807, 2.05) is 36.4 Å². The van der Waals surface area contributed by atoms with E-state index >= 15 is 0 Å². The molecular formula is C26H26N2O6. The van der Waals surface area contributed by atoms with Crippen LogP contribution in [0, 0.1) is 0 Å². The van der Waals surface area contributed by atoms with Gasteiger partial charge in [-0.2, -0.15) is 0 Å². The Morgan fingerprint density at radius 2 is 1.62 bits per heavy atom. The van der Waals surface area contributed by atoms with Gasteiger partial charge in [-0.25, -0.2) is 9.59 Å². The summed E-state index contributed by atoms with van der Waals surface area (Å²) in [5, 5.41) is 23.3. The van der Waals surface area contributed by atoms with Crippen LogP contribution in [-0.2, 0) is 9.47 Å². The molecule has 2 unspecified atom stereocenters. The molecule has 0 aliphatic heterocycles. The number of hydrogen-bond acceptors (Lipinski definition) is 7. The molecule has 5 N–H and O–H groups in total. The van der Waals surface area contributed by atoms with Gasteiger partial charge in [-0.05, 0) is 39.9 Å². The van der Waals surface area contributed by atoms with Crippen LogP contribution in [0.15, 0.2) is 66.7 Å². The lowest BCUT2D eigenvalue weighted by Crippen LogP contribution is -2.36. The van der Waals surface area contributed by atoms with Crippen LogP contribution >= 0.6 is 0 Å². The van der Waals surface area contributed by atoms with Gasteiger partial charge in [-0.15, -0.1) is 0 Å². The number of aliphatic hydroxyl groups is 2. The average molecular weight is 463 g/mol. The summed E-state index contributed by atoms with van der Waals surface area (Å²) >= 11 is 0. The number of esters is 1. The minimum atomic E-state index is -1.36. The smallest absolute Gasteiger partial charge is 0.407 e. The number of alkyl carbamates (subject to hydrolysis) is 1. The maximum Gasteiger partial charge on any atom is 0.407 e. The largest absolute Gasteiger partial charge is 0.465 e. The SMILES string of the molecule is COC(=O)c1cc(C(O)C(O)CNC(=O)OCC2c3ccccc3-c3ccccc32)ccc1N. The Hall–Kier alpha value is -3.88. The van der Waals surface area contributed by atoms with Crippen LogP contribution in [0.25, 0.3) is 11.1 Å². The van der Waals surface area contributed by atoms with Crippen molar-refractivity contribution in [1.82, 2.24) is 5.32 Å². The number of amides is 1. The van der Waals surface area contributed by atoms with E-state index < -0.39 is 24.3 Å². The van der Waals surface area contributed by atoms with E-state index in [9.17, 15) is 19.8 Å². The monoisotopic (exact) mass is 462 g/mol. The van der Waals surface area contributed by atoms with E-state index in [4.69, 9.17) is 10.5 Å². The molecular weight excluding hydrogens is 436 g/mol. The van der Waals surface area contributed by atoms with Crippen LogP contribution in [0.4, 0.5) is 10.5 Å². The fourth-order valence-electron chi connectivity index (χ4n) is 4.22. The molecule has 0 fully saturated rings. The number of carbonyl (C=O) groups is 2. The Bertz CT molecular complexity index is 1170. The van der Waals surface area contributed by atoms with Gasteiger partial charge in [0.2, 0.25) is 0 Å². The zero-order valence-electron chi connectivity index (χ0n) is 18.6. The second kappa shape index (κ2) is 9.94. The number of rotatable bonds is 7. The zero-order chi connectivity index (χ0) is 24.2. The number of nitrogens with one attached hydrogen (secondary N) is 1. The van der Waals surface area contributed by atoms with Crippen LogP contribution in [-0.4, -0.2) is 48.6 Å². The van der Waals surface area contributed by atoms with E-state index in [-0.39, 0.29) is 35.9 Å². The van der Waals surface area contributed by atoms with Gasteiger partial charge in [-0.3, -0.25) is 0 Å². The maximum absolute atomic E-state index is 12.3. The van der Waals surface area contributed by atoms with Crippen molar-refractivity contribution in [2.45, 2.75) is 18.1 Å². The molecule has 34 heavy (non-hydrogen) atoms. The number of aliphatic hydroxyl groups excluding tert-OH is 2. The quantitative estimate of drug-likeness (QED) is 0.314. The van der Waals surface area contributed by atoms with Crippen molar-refractivity contribution in [2.24, 2.45) is 0 Å². The molecule has 0 heterocycles. The Balaban J connectivity index is 1.35. The fraction of sp³-hybridized carbons (Fsp3) is 0.231. The molecule has 0 aromatic heterocycles. The molecule has 3 aromatic rings. The highest BCUT2D eigenvalue weighted by molar-refractivity contribution is 5.95. The first-order valence-electron chi connectivity index (χ1n) is 10.8. The van der Waals surface area contributed by atoms with E-state index in [0.717, 1.165) is 22.3 Å². The summed E-state index contributed by atoms with van der Waals surface area (Å²) in [4.78, 5) is 24.1. The number of ether oxygens (including phenoxy) is 2. The topological polar surface area (TPSA) is 131 Å².